The maximum Gasteiger partial charge on any atom is 0.326 e. The zero-order valence-electron chi connectivity index (χ0n) is 9.32. The highest BCUT2D eigenvalue weighted by molar-refractivity contribution is 5.94. The number of nitrogens with one attached hydrogen (secondary N) is 1. The van der Waals surface area contributed by atoms with Crippen LogP contribution in [0.15, 0.2) is 16.5 Å². The third kappa shape index (κ3) is 3.12. The number of carbonyl (C=O) groups excluding carboxylic acids is 1. The van der Waals surface area contributed by atoms with Crippen molar-refractivity contribution in [2.24, 2.45) is 0 Å². The highest BCUT2D eigenvalue weighted by Gasteiger charge is 2.20. The first-order valence-corrected chi connectivity index (χ1v) is 5.14. The van der Waals surface area contributed by atoms with Gasteiger partial charge in [0.2, 0.25) is 0 Å². The predicted octanol–water partition coefficient (Wildman–Crippen LogP) is 1.57. The Kier molecular flexibility index (Phi) is 4.10. The van der Waals surface area contributed by atoms with Gasteiger partial charge in [0.15, 0.2) is 5.76 Å². The SMILES string of the molecule is CCC[C@H](NC(=O)c1ccc(C)o1)C(=O)O. The lowest BCUT2D eigenvalue weighted by Crippen LogP contribution is -2.40. The Morgan fingerprint density at radius 1 is 1.50 bits per heavy atom. The highest BCUT2D eigenvalue weighted by Crippen LogP contribution is 2.07. The van der Waals surface area contributed by atoms with Crippen LogP contribution >= 0.6 is 0 Å². The molecule has 0 fully saturated rings. The van der Waals surface area contributed by atoms with E-state index in [-0.39, 0.29) is 5.76 Å². The zero-order chi connectivity index (χ0) is 12.1. The van der Waals surface area contributed by atoms with Gasteiger partial charge in [-0.05, 0) is 25.5 Å². The van der Waals surface area contributed by atoms with Crippen molar-refractivity contribution in [3.63, 3.8) is 0 Å². The molecule has 16 heavy (non-hydrogen) atoms. The number of aryl methyl sites for hydroxylation is 1. The first-order valence-electron chi connectivity index (χ1n) is 5.14. The summed E-state index contributed by atoms with van der Waals surface area (Å²) in [5.41, 5.74) is 0. The minimum absolute atomic E-state index is 0.139. The van der Waals surface area contributed by atoms with Crippen LogP contribution in [0.3, 0.4) is 0 Å². The molecule has 0 aliphatic rings. The maximum atomic E-state index is 11.6. The number of rotatable bonds is 5. The second-order valence-electron chi connectivity index (χ2n) is 3.56. The normalized spacial score (nSPS) is 12.1. The Bertz CT molecular complexity index is 383. The van der Waals surface area contributed by atoms with Crippen LogP contribution in [0.1, 0.15) is 36.1 Å². The Morgan fingerprint density at radius 2 is 2.19 bits per heavy atom. The molecule has 0 spiro atoms. The summed E-state index contributed by atoms with van der Waals surface area (Å²) < 4.78 is 5.10. The lowest BCUT2D eigenvalue weighted by Gasteiger charge is -2.11. The molecule has 0 bridgehead atoms. The molecular formula is C11H15NO4. The van der Waals surface area contributed by atoms with Gasteiger partial charge in [0, 0.05) is 0 Å². The van der Waals surface area contributed by atoms with Crippen LogP contribution in [0.25, 0.3) is 0 Å². The minimum Gasteiger partial charge on any atom is -0.480 e. The van der Waals surface area contributed by atoms with Crippen molar-refractivity contribution in [1.29, 1.82) is 0 Å². The average molecular weight is 225 g/mol. The summed E-state index contributed by atoms with van der Waals surface area (Å²) in [6.45, 7) is 3.58. The number of furan rings is 1. The van der Waals surface area contributed by atoms with E-state index in [4.69, 9.17) is 9.52 Å². The zero-order valence-corrected chi connectivity index (χ0v) is 9.32. The monoisotopic (exact) mass is 225 g/mol. The van der Waals surface area contributed by atoms with Crippen molar-refractivity contribution in [3.8, 4) is 0 Å². The van der Waals surface area contributed by atoms with Crippen molar-refractivity contribution >= 4 is 11.9 Å². The predicted molar refractivity (Wildman–Crippen MR) is 57.2 cm³/mol. The van der Waals surface area contributed by atoms with Crippen LogP contribution in [0.4, 0.5) is 0 Å². The summed E-state index contributed by atoms with van der Waals surface area (Å²) in [5, 5.41) is 11.3. The number of hydrogen-bond donors (Lipinski definition) is 2. The first kappa shape index (κ1) is 12.3. The van der Waals surface area contributed by atoms with Gasteiger partial charge in [0.1, 0.15) is 11.8 Å². The Hall–Kier alpha value is -1.78. The third-order valence-corrected chi connectivity index (χ3v) is 2.14. The van der Waals surface area contributed by atoms with E-state index in [9.17, 15) is 9.59 Å². The molecule has 1 atom stereocenters. The fourth-order valence-electron chi connectivity index (χ4n) is 1.33. The van der Waals surface area contributed by atoms with Crippen molar-refractivity contribution in [1.82, 2.24) is 5.32 Å². The Labute approximate surface area is 93.4 Å². The van der Waals surface area contributed by atoms with Gasteiger partial charge in [-0.2, -0.15) is 0 Å². The number of hydrogen-bond acceptors (Lipinski definition) is 3. The standard InChI is InChI=1S/C11H15NO4/c1-3-4-8(11(14)15)12-10(13)9-6-5-7(2)16-9/h5-6,8H,3-4H2,1-2H3,(H,12,13)(H,14,15)/t8-/m0/s1. The van der Waals surface area contributed by atoms with E-state index >= 15 is 0 Å². The van der Waals surface area contributed by atoms with Crippen LogP contribution in [-0.4, -0.2) is 23.0 Å². The summed E-state index contributed by atoms with van der Waals surface area (Å²) in [4.78, 5) is 22.4. The van der Waals surface area contributed by atoms with Crippen molar-refractivity contribution < 1.29 is 19.1 Å². The van der Waals surface area contributed by atoms with E-state index in [1.807, 2.05) is 6.92 Å². The molecule has 1 amide bonds. The summed E-state index contributed by atoms with van der Waals surface area (Å²) in [5.74, 6) is -0.764. The van der Waals surface area contributed by atoms with Gasteiger partial charge >= 0.3 is 5.97 Å². The average Bonchev–Trinajstić information content (AvgIpc) is 2.64. The number of carboxylic acids is 1. The fraction of sp³-hybridized carbons (Fsp3) is 0.455. The van der Waals surface area contributed by atoms with Crippen LogP contribution in [0.2, 0.25) is 0 Å². The van der Waals surface area contributed by atoms with Crippen LogP contribution in [0, 0.1) is 6.92 Å². The lowest BCUT2D eigenvalue weighted by atomic mass is 10.1. The van der Waals surface area contributed by atoms with E-state index < -0.39 is 17.9 Å². The Morgan fingerprint density at radius 3 is 2.62 bits per heavy atom. The molecule has 5 nitrogen and oxygen atoms in total. The topological polar surface area (TPSA) is 79.5 Å². The van der Waals surface area contributed by atoms with Crippen molar-refractivity contribution in [3.05, 3.63) is 23.7 Å². The third-order valence-electron chi connectivity index (χ3n) is 2.14. The largest absolute Gasteiger partial charge is 0.480 e. The van der Waals surface area contributed by atoms with Gasteiger partial charge < -0.3 is 14.8 Å². The highest BCUT2D eigenvalue weighted by atomic mass is 16.4. The van der Waals surface area contributed by atoms with Gasteiger partial charge in [-0.15, -0.1) is 0 Å². The number of carbonyl (C=O) groups is 2. The maximum absolute atomic E-state index is 11.6. The van der Waals surface area contributed by atoms with E-state index in [0.29, 0.717) is 18.6 Å². The number of aliphatic carboxylic acids is 1. The second kappa shape index (κ2) is 5.34. The van der Waals surface area contributed by atoms with Crippen LogP contribution in [0.5, 0.6) is 0 Å². The van der Waals surface area contributed by atoms with E-state index in [2.05, 4.69) is 5.32 Å². The molecule has 0 radical (unpaired) electrons. The molecule has 0 unspecified atom stereocenters. The molecule has 88 valence electrons. The smallest absolute Gasteiger partial charge is 0.326 e. The lowest BCUT2D eigenvalue weighted by molar-refractivity contribution is -0.139. The number of amides is 1. The van der Waals surface area contributed by atoms with Gasteiger partial charge in [0.05, 0.1) is 0 Å². The Balaban J connectivity index is 2.65. The summed E-state index contributed by atoms with van der Waals surface area (Å²) in [6, 6.07) is 2.32. The van der Waals surface area contributed by atoms with Gasteiger partial charge in [-0.25, -0.2) is 4.79 Å². The summed E-state index contributed by atoms with van der Waals surface area (Å²) in [7, 11) is 0. The first-order chi connectivity index (χ1) is 7.54. The van der Waals surface area contributed by atoms with E-state index in [0.717, 1.165) is 0 Å². The molecule has 0 aliphatic carbocycles. The molecule has 0 saturated carbocycles. The molecule has 0 aromatic carbocycles. The van der Waals surface area contributed by atoms with Gasteiger partial charge in [-0.1, -0.05) is 13.3 Å². The molecule has 1 aromatic heterocycles. The number of carboxylic acid groups (broad SMARTS) is 1. The van der Waals surface area contributed by atoms with Crippen LogP contribution < -0.4 is 5.32 Å². The quantitative estimate of drug-likeness (QED) is 0.797. The minimum atomic E-state index is -1.03. The molecule has 2 N–H and O–H groups in total. The van der Waals surface area contributed by atoms with E-state index in [1.54, 1.807) is 13.0 Å². The molecule has 5 heteroatoms. The fourth-order valence-corrected chi connectivity index (χ4v) is 1.33. The van der Waals surface area contributed by atoms with E-state index in [1.165, 1.54) is 6.07 Å². The molecular weight excluding hydrogens is 210 g/mol. The summed E-state index contributed by atoms with van der Waals surface area (Å²) >= 11 is 0. The summed E-state index contributed by atoms with van der Waals surface area (Å²) in [6.07, 6.45) is 1.09. The van der Waals surface area contributed by atoms with Gasteiger partial charge in [0.25, 0.3) is 5.91 Å². The molecule has 1 aromatic rings. The molecule has 0 saturated heterocycles. The molecule has 1 heterocycles. The van der Waals surface area contributed by atoms with Crippen molar-refractivity contribution in [2.75, 3.05) is 0 Å². The van der Waals surface area contributed by atoms with Gasteiger partial charge in [-0.3, -0.25) is 4.79 Å². The van der Waals surface area contributed by atoms with Crippen molar-refractivity contribution in [2.45, 2.75) is 32.7 Å². The molecule has 1 rings (SSSR count). The second-order valence-corrected chi connectivity index (χ2v) is 3.56. The van der Waals surface area contributed by atoms with Crippen LogP contribution in [-0.2, 0) is 4.79 Å². The molecule has 0 aliphatic heterocycles.